The number of aliphatic carboxylic acids is 1. The summed E-state index contributed by atoms with van der Waals surface area (Å²) in [4.78, 5) is 37.7. The molecule has 6 atom stereocenters. The van der Waals surface area contributed by atoms with Gasteiger partial charge in [-0.15, -0.1) is 0 Å². The Morgan fingerprint density at radius 1 is 1.21 bits per heavy atom. The summed E-state index contributed by atoms with van der Waals surface area (Å²) in [6.07, 6.45) is -11.3. The molecule has 1 saturated heterocycles. The van der Waals surface area contributed by atoms with Crippen LogP contribution in [0.5, 0.6) is 5.75 Å². The number of aliphatic hydroxyl groups is 3. The maximum Gasteiger partial charge on any atom is 0.415 e. The molecular weight excluding hydrogens is 447 g/mol. The highest BCUT2D eigenvalue weighted by Gasteiger charge is 2.49. The van der Waals surface area contributed by atoms with Crippen molar-refractivity contribution in [3.8, 4) is 5.75 Å². The Morgan fingerprint density at radius 3 is 2.45 bits per heavy atom. The molecule has 0 bridgehead atoms. The number of halogens is 1. The van der Waals surface area contributed by atoms with Gasteiger partial charge in [-0.2, -0.15) is 0 Å². The third kappa shape index (κ3) is 4.57. The van der Waals surface area contributed by atoms with Gasteiger partial charge in [-0.1, -0.05) is 6.92 Å². The van der Waals surface area contributed by atoms with Gasteiger partial charge in [0.1, 0.15) is 30.0 Å². The fraction of sp³-hybridized carbons (Fsp3) is 0.550. The highest BCUT2D eigenvalue weighted by molar-refractivity contribution is 6.11. The fourth-order valence-corrected chi connectivity index (χ4v) is 3.60. The lowest BCUT2D eigenvalue weighted by Gasteiger charge is -2.40. The molecule has 2 heterocycles. The SMILES string of the molecule is CC[C@H]1C(=O)Nc2ccc(F)c(O[C@@H]3O[C@H](C(=O)O)[C@@H](O)[C@H](O)[C@H]3O)c2N1C(=O)OC(C)C. The predicted molar refractivity (Wildman–Crippen MR) is 108 cm³/mol. The zero-order valence-corrected chi connectivity index (χ0v) is 18.0. The Labute approximate surface area is 187 Å². The fourth-order valence-electron chi connectivity index (χ4n) is 3.60. The number of hydrogen-bond acceptors (Lipinski definition) is 9. The van der Waals surface area contributed by atoms with Gasteiger partial charge in [0.25, 0.3) is 0 Å². The third-order valence-electron chi connectivity index (χ3n) is 5.16. The first-order valence-electron chi connectivity index (χ1n) is 10.2. The lowest BCUT2D eigenvalue weighted by Crippen LogP contribution is -2.61. The average molecular weight is 472 g/mol. The number of carboxylic acids is 1. The van der Waals surface area contributed by atoms with Crippen molar-refractivity contribution in [1.82, 2.24) is 0 Å². The standard InChI is InChI=1S/C20H25FN2O10/c1-4-10-17(27)22-9-6-5-8(21)15(11(9)23(10)20(30)31-7(2)3)32-19-14(26)12(24)13(25)16(33-19)18(28)29/h5-7,10,12-14,16,19,24-26H,4H2,1-3H3,(H,22,27)(H,28,29)/t10-,12-,13-,14+,16-,19+/m0/s1. The van der Waals surface area contributed by atoms with Gasteiger partial charge in [0.2, 0.25) is 12.2 Å². The first kappa shape index (κ1) is 24.6. The molecule has 2 aliphatic rings. The molecule has 0 aromatic heterocycles. The van der Waals surface area contributed by atoms with Crippen LogP contribution in [0, 0.1) is 5.82 Å². The van der Waals surface area contributed by atoms with E-state index in [1.165, 1.54) is 6.07 Å². The molecule has 0 radical (unpaired) electrons. The molecule has 1 fully saturated rings. The third-order valence-corrected chi connectivity index (χ3v) is 5.16. The topological polar surface area (TPSA) is 175 Å². The number of hydrogen-bond donors (Lipinski definition) is 5. The monoisotopic (exact) mass is 472 g/mol. The molecule has 12 nitrogen and oxygen atoms in total. The van der Waals surface area contributed by atoms with E-state index < -0.39 is 72.4 Å². The van der Waals surface area contributed by atoms with Gasteiger partial charge >= 0.3 is 12.1 Å². The zero-order valence-electron chi connectivity index (χ0n) is 18.0. The maximum atomic E-state index is 14.9. The number of nitrogens with one attached hydrogen (secondary N) is 1. The van der Waals surface area contributed by atoms with Crippen molar-refractivity contribution >= 4 is 29.3 Å². The van der Waals surface area contributed by atoms with Crippen LogP contribution in [0.25, 0.3) is 0 Å². The number of rotatable bonds is 5. The van der Waals surface area contributed by atoms with Crippen LogP contribution in [0.4, 0.5) is 20.6 Å². The maximum absolute atomic E-state index is 14.9. The van der Waals surface area contributed by atoms with Gasteiger partial charge in [-0.05, 0) is 32.4 Å². The summed E-state index contributed by atoms with van der Waals surface area (Å²) in [7, 11) is 0. The minimum Gasteiger partial charge on any atom is -0.479 e. The van der Waals surface area contributed by atoms with E-state index in [1.54, 1.807) is 20.8 Å². The molecule has 0 spiro atoms. The smallest absolute Gasteiger partial charge is 0.415 e. The Kier molecular flexibility index (Phi) is 7.07. The normalized spacial score (nSPS) is 29.3. The Hall–Kier alpha value is -3.00. The number of ether oxygens (including phenoxy) is 3. The zero-order chi connectivity index (χ0) is 24.6. The number of anilines is 2. The summed E-state index contributed by atoms with van der Waals surface area (Å²) in [5.74, 6) is -3.91. The summed E-state index contributed by atoms with van der Waals surface area (Å²) in [5.41, 5.74) is -0.252. The highest BCUT2D eigenvalue weighted by atomic mass is 19.1. The molecule has 182 valence electrons. The molecule has 2 aliphatic heterocycles. The summed E-state index contributed by atoms with van der Waals surface area (Å²) in [5, 5.41) is 41.9. The van der Waals surface area contributed by atoms with E-state index in [2.05, 4.69) is 5.32 Å². The molecule has 0 aliphatic carbocycles. The molecular formula is C20H25FN2O10. The predicted octanol–water partition coefficient (Wildman–Crippen LogP) is 0.179. The number of carbonyl (C=O) groups excluding carboxylic acids is 2. The average Bonchev–Trinajstić information content (AvgIpc) is 2.74. The summed E-state index contributed by atoms with van der Waals surface area (Å²) in [6.45, 7) is 4.78. The van der Waals surface area contributed by atoms with Crippen LogP contribution in [0.15, 0.2) is 12.1 Å². The van der Waals surface area contributed by atoms with Gasteiger partial charge in [-0.25, -0.2) is 14.0 Å². The van der Waals surface area contributed by atoms with Crippen molar-refractivity contribution in [3.63, 3.8) is 0 Å². The van der Waals surface area contributed by atoms with E-state index in [0.29, 0.717) is 0 Å². The van der Waals surface area contributed by atoms with Crippen molar-refractivity contribution in [2.24, 2.45) is 0 Å². The minimum atomic E-state index is -1.99. The number of fused-ring (bicyclic) bond motifs is 1. The molecule has 2 amide bonds. The lowest BCUT2D eigenvalue weighted by atomic mass is 9.99. The van der Waals surface area contributed by atoms with E-state index in [9.17, 15) is 39.2 Å². The van der Waals surface area contributed by atoms with E-state index in [0.717, 1.165) is 11.0 Å². The quantitative estimate of drug-likeness (QED) is 0.397. The van der Waals surface area contributed by atoms with E-state index in [1.807, 2.05) is 0 Å². The van der Waals surface area contributed by atoms with Crippen LogP contribution in [-0.4, -0.2) is 81.2 Å². The van der Waals surface area contributed by atoms with Crippen LogP contribution >= 0.6 is 0 Å². The van der Waals surface area contributed by atoms with Crippen LogP contribution < -0.4 is 15.0 Å². The first-order chi connectivity index (χ1) is 15.5. The van der Waals surface area contributed by atoms with Gasteiger partial charge in [0.15, 0.2) is 17.7 Å². The van der Waals surface area contributed by atoms with Crippen molar-refractivity contribution in [3.05, 3.63) is 17.9 Å². The number of carboxylic acid groups (broad SMARTS) is 1. The molecule has 0 unspecified atom stereocenters. The van der Waals surface area contributed by atoms with Gasteiger partial charge in [-0.3, -0.25) is 9.69 Å². The van der Waals surface area contributed by atoms with Crippen LogP contribution in [0.3, 0.4) is 0 Å². The van der Waals surface area contributed by atoms with E-state index in [4.69, 9.17) is 14.2 Å². The lowest BCUT2D eigenvalue weighted by molar-refractivity contribution is -0.271. The van der Waals surface area contributed by atoms with Crippen LogP contribution in [0.2, 0.25) is 0 Å². The molecule has 33 heavy (non-hydrogen) atoms. The second kappa shape index (κ2) is 9.47. The van der Waals surface area contributed by atoms with Crippen molar-refractivity contribution in [1.29, 1.82) is 0 Å². The largest absolute Gasteiger partial charge is 0.479 e. The van der Waals surface area contributed by atoms with Crippen molar-refractivity contribution in [2.45, 2.75) is 70.0 Å². The Morgan fingerprint density at radius 2 is 1.88 bits per heavy atom. The number of nitrogens with zero attached hydrogens (tertiary/aromatic N) is 1. The van der Waals surface area contributed by atoms with Crippen molar-refractivity contribution < 1.29 is 53.4 Å². The Balaban J connectivity index is 2.07. The van der Waals surface area contributed by atoms with E-state index in [-0.39, 0.29) is 17.8 Å². The number of amides is 2. The van der Waals surface area contributed by atoms with Gasteiger partial charge < -0.3 is 40.0 Å². The Bertz CT molecular complexity index is 942. The molecule has 1 aromatic rings. The summed E-state index contributed by atoms with van der Waals surface area (Å²) >= 11 is 0. The van der Waals surface area contributed by atoms with Gasteiger partial charge in [0, 0.05) is 0 Å². The van der Waals surface area contributed by atoms with Crippen molar-refractivity contribution in [2.75, 3.05) is 10.2 Å². The number of benzene rings is 1. The second-order valence-corrected chi connectivity index (χ2v) is 7.84. The number of carbonyl (C=O) groups is 3. The van der Waals surface area contributed by atoms with Gasteiger partial charge in [0.05, 0.1) is 11.8 Å². The highest BCUT2D eigenvalue weighted by Crippen LogP contribution is 2.44. The van der Waals surface area contributed by atoms with Crippen LogP contribution in [0.1, 0.15) is 27.2 Å². The molecule has 13 heteroatoms. The molecule has 3 rings (SSSR count). The first-order valence-corrected chi connectivity index (χ1v) is 10.2. The van der Waals surface area contributed by atoms with E-state index >= 15 is 0 Å². The molecule has 5 N–H and O–H groups in total. The molecule has 1 aromatic carbocycles. The summed E-state index contributed by atoms with van der Waals surface area (Å²) < 4.78 is 30.6. The number of aliphatic hydroxyl groups excluding tert-OH is 3. The molecule has 0 saturated carbocycles. The summed E-state index contributed by atoms with van der Waals surface area (Å²) in [6, 6.07) is 1.01. The minimum absolute atomic E-state index is 0.0116. The van der Waals surface area contributed by atoms with Crippen LogP contribution in [-0.2, 0) is 19.1 Å². The second-order valence-electron chi connectivity index (χ2n) is 7.84.